The standard InChI is InChI=1S/C10H8ClNO3/c11-7-3-1-2-6(4-7)8-5-9(10(13)14)15-12-8/h1-4,9H,5H2,(H,13,14). The summed E-state index contributed by atoms with van der Waals surface area (Å²) in [5.74, 6) is -1.00. The number of hydrogen-bond donors (Lipinski definition) is 1. The number of benzene rings is 1. The molecule has 15 heavy (non-hydrogen) atoms. The zero-order chi connectivity index (χ0) is 10.8. The van der Waals surface area contributed by atoms with Crippen molar-refractivity contribution in [1.29, 1.82) is 0 Å². The van der Waals surface area contributed by atoms with Gasteiger partial charge in [0.05, 0.1) is 5.71 Å². The van der Waals surface area contributed by atoms with Crippen molar-refractivity contribution in [3.05, 3.63) is 34.9 Å². The minimum atomic E-state index is -1.00. The summed E-state index contributed by atoms with van der Waals surface area (Å²) in [6.07, 6.45) is -0.602. The zero-order valence-corrected chi connectivity index (χ0v) is 8.44. The third kappa shape index (κ3) is 2.10. The molecule has 4 nitrogen and oxygen atoms in total. The van der Waals surface area contributed by atoms with Crippen LogP contribution < -0.4 is 0 Å². The summed E-state index contributed by atoms with van der Waals surface area (Å²) >= 11 is 5.81. The molecule has 0 bridgehead atoms. The lowest BCUT2D eigenvalue weighted by atomic mass is 10.1. The highest BCUT2D eigenvalue weighted by molar-refractivity contribution is 6.31. The number of hydrogen-bond acceptors (Lipinski definition) is 3. The Hall–Kier alpha value is -1.55. The molecular formula is C10H8ClNO3. The summed E-state index contributed by atoms with van der Waals surface area (Å²) in [7, 11) is 0. The van der Waals surface area contributed by atoms with Crippen LogP contribution in [0.2, 0.25) is 5.02 Å². The van der Waals surface area contributed by atoms with E-state index in [4.69, 9.17) is 21.5 Å². The van der Waals surface area contributed by atoms with E-state index in [9.17, 15) is 4.79 Å². The maximum atomic E-state index is 10.6. The molecule has 1 unspecified atom stereocenters. The predicted molar refractivity (Wildman–Crippen MR) is 55.1 cm³/mol. The third-order valence-corrected chi connectivity index (χ3v) is 2.34. The summed E-state index contributed by atoms with van der Waals surface area (Å²) in [4.78, 5) is 15.4. The summed E-state index contributed by atoms with van der Waals surface area (Å²) in [6.45, 7) is 0. The number of carbonyl (C=O) groups is 1. The Labute approximate surface area is 91.1 Å². The van der Waals surface area contributed by atoms with E-state index in [1.807, 2.05) is 6.07 Å². The normalized spacial score (nSPS) is 19.5. The number of aliphatic carboxylic acids is 1. The number of oxime groups is 1. The van der Waals surface area contributed by atoms with Crippen molar-refractivity contribution in [1.82, 2.24) is 0 Å². The maximum absolute atomic E-state index is 10.6. The quantitative estimate of drug-likeness (QED) is 0.837. The van der Waals surface area contributed by atoms with Crippen LogP contribution in [0.5, 0.6) is 0 Å². The van der Waals surface area contributed by atoms with Gasteiger partial charge in [-0.15, -0.1) is 0 Å². The van der Waals surface area contributed by atoms with E-state index in [0.717, 1.165) is 5.56 Å². The smallest absolute Gasteiger partial charge is 0.348 e. The SMILES string of the molecule is O=C(O)C1CC(c2cccc(Cl)c2)=NO1. The van der Waals surface area contributed by atoms with Crippen LogP contribution >= 0.6 is 11.6 Å². The van der Waals surface area contributed by atoms with E-state index >= 15 is 0 Å². The molecule has 0 fully saturated rings. The van der Waals surface area contributed by atoms with Crippen LogP contribution in [0.3, 0.4) is 0 Å². The lowest BCUT2D eigenvalue weighted by Crippen LogP contribution is -2.19. The van der Waals surface area contributed by atoms with Gasteiger partial charge in [-0.25, -0.2) is 4.79 Å². The molecule has 1 aliphatic rings. The van der Waals surface area contributed by atoms with Crippen LogP contribution in [-0.4, -0.2) is 22.9 Å². The molecule has 5 heteroatoms. The minimum absolute atomic E-state index is 0.273. The Balaban J connectivity index is 2.17. The molecule has 1 N–H and O–H groups in total. The first kappa shape index (κ1) is 9.98. The van der Waals surface area contributed by atoms with Gasteiger partial charge in [0, 0.05) is 17.0 Å². The summed E-state index contributed by atoms with van der Waals surface area (Å²) < 4.78 is 0. The van der Waals surface area contributed by atoms with E-state index in [-0.39, 0.29) is 6.42 Å². The average molecular weight is 226 g/mol. The van der Waals surface area contributed by atoms with Crippen LogP contribution in [0, 0.1) is 0 Å². The molecule has 0 saturated carbocycles. The van der Waals surface area contributed by atoms with E-state index in [1.54, 1.807) is 18.2 Å². The van der Waals surface area contributed by atoms with Gasteiger partial charge in [-0.05, 0) is 12.1 Å². The van der Waals surface area contributed by atoms with Crippen LogP contribution in [-0.2, 0) is 9.63 Å². The Morgan fingerprint density at radius 2 is 2.40 bits per heavy atom. The van der Waals surface area contributed by atoms with Gasteiger partial charge in [0.1, 0.15) is 0 Å². The van der Waals surface area contributed by atoms with Gasteiger partial charge < -0.3 is 9.94 Å². The minimum Gasteiger partial charge on any atom is -0.478 e. The second-order valence-corrected chi connectivity index (χ2v) is 3.62. The van der Waals surface area contributed by atoms with E-state index in [2.05, 4.69) is 5.16 Å². The van der Waals surface area contributed by atoms with Crippen molar-refractivity contribution in [2.45, 2.75) is 12.5 Å². The topological polar surface area (TPSA) is 58.9 Å². The zero-order valence-electron chi connectivity index (χ0n) is 7.68. The van der Waals surface area contributed by atoms with E-state index in [0.29, 0.717) is 10.7 Å². The monoisotopic (exact) mass is 225 g/mol. The second kappa shape index (κ2) is 3.90. The van der Waals surface area contributed by atoms with Crippen molar-refractivity contribution < 1.29 is 14.7 Å². The first-order valence-corrected chi connectivity index (χ1v) is 4.76. The molecule has 1 aromatic carbocycles. The predicted octanol–water partition coefficient (Wildman–Crippen LogP) is 1.92. The van der Waals surface area contributed by atoms with Crippen molar-refractivity contribution in [2.24, 2.45) is 5.16 Å². The highest BCUT2D eigenvalue weighted by Crippen LogP contribution is 2.19. The van der Waals surface area contributed by atoms with Crippen molar-refractivity contribution >= 4 is 23.3 Å². The molecular weight excluding hydrogens is 218 g/mol. The van der Waals surface area contributed by atoms with Gasteiger partial charge in [-0.2, -0.15) is 0 Å². The van der Waals surface area contributed by atoms with Crippen LogP contribution in [0.15, 0.2) is 29.4 Å². The molecule has 2 rings (SSSR count). The highest BCUT2D eigenvalue weighted by Gasteiger charge is 2.28. The number of carboxylic acids is 1. The first-order chi connectivity index (χ1) is 7.16. The Bertz CT molecular complexity index is 430. The van der Waals surface area contributed by atoms with Gasteiger partial charge in [0.25, 0.3) is 0 Å². The molecule has 0 radical (unpaired) electrons. The van der Waals surface area contributed by atoms with Crippen molar-refractivity contribution in [2.75, 3.05) is 0 Å². The molecule has 0 aromatic heterocycles. The fraction of sp³-hybridized carbons (Fsp3) is 0.200. The van der Waals surface area contributed by atoms with Gasteiger partial charge in [-0.1, -0.05) is 28.9 Å². The number of nitrogens with zero attached hydrogens (tertiary/aromatic N) is 1. The van der Waals surface area contributed by atoms with E-state index < -0.39 is 12.1 Å². The lowest BCUT2D eigenvalue weighted by Gasteiger charge is -2.00. The molecule has 1 aromatic rings. The van der Waals surface area contributed by atoms with Gasteiger partial charge in [0.2, 0.25) is 6.10 Å². The Morgan fingerprint density at radius 3 is 3.00 bits per heavy atom. The number of rotatable bonds is 2. The molecule has 1 atom stereocenters. The Kier molecular flexibility index (Phi) is 2.60. The summed E-state index contributed by atoms with van der Waals surface area (Å²) in [5, 5.41) is 13.0. The third-order valence-electron chi connectivity index (χ3n) is 2.10. The largest absolute Gasteiger partial charge is 0.478 e. The van der Waals surface area contributed by atoms with Crippen molar-refractivity contribution in [3.8, 4) is 0 Å². The fourth-order valence-corrected chi connectivity index (χ4v) is 1.54. The highest BCUT2D eigenvalue weighted by atomic mass is 35.5. The summed E-state index contributed by atoms with van der Waals surface area (Å²) in [6, 6.07) is 7.08. The van der Waals surface area contributed by atoms with Crippen LogP contribution in [0.25, 0.3) is 0 Å². The molecule has 1 aliphatic heterocycles. The van der Waals surface area contributed by atoms with E-state index in [1.165, 1.54) is 0 Å². The lowest BCUT2D eigenvalue weighted by molar-refractivity contribution is -0.148. The van der Waals surface area contributed by atoms with Crippen LogP contribution in [0.4, 0.5) is 0 Å². The van der Waals surface area contributed by atoms with Crippen molar-refractivity contribution in [3.63, 3.8) is 0 Å². The Morgan fingerprint density at radius 1 is 1.60 bits per heavy atom. The fourth-order valence-electron chi connectivity index (χ4n) is 1.35. The second-order valence-electron chi connectivity index (χ2n) is 3.18. The molecule has 1 heterocycles. The van der Waals surface area contributed by atoms with Gasteiger partial charge in [-0.3, -0.25) is 0 Å². The first-order valence-electron chi connectivity index (χ1n) is 4.38. The maximum Gasteiger partial charge on any atom is 0.348 e. The molecule has 78 valence electrons. The van der Waals surface area contributed by atoms with Gasteiger partial charge >= 0.3 is 5.97 Å². The van der Waals surface area contributed by atoms with Gasteiger partial charge in [0.15, 0.2) is 0 Å². The number of halogens is 1. The molecule has 0 amide bonds. The molecule has 0 saturated heterocycles. The average Bonchev–Trinajstić information content (AvgIpc) is 2.66. The molecule has 0 aliphatic carbocycles. The summed E-state index contributed by atoms with van der Waals surface area (Å²) in [5.41, 5.74) is 1.41. The van der Waals surface area contributed by atoms with Crippen LogP contribution in [0.1, 0.15) is 12.0 Å². The number of carboxylic acid groups (broad SMARTS) is 1. The molecule has 0 spiro atoms.